The number of amides is 1. The van der Waals surface area contributed by atoms with Gasteiger partial charge in [-0.05, 0) is 66.6 Å². The number of aromatic nitrogens is 2. The molecule has 0 saturated carbocycles. The molecule has 2 aromatic carbocycles. The predicted molar refractivity (Wildman–Crippen MR) is 129 cm³/mol. The first-order valence-corrected chi connectivity index (χ1v) is 11.1. The lowest BCUT2D eigenvalue weighted by molar-refractivity contribution is 0.0994. The number of nitrogens with zero attached hydrogens (tertiary/aromatic N) is 4. The molecule has 4 aromatic rings. The number of aryl methyl sites for hydroxylation is 1. The van der Waals surface area contributed by atoms with Gasteiger partial charge in [-0.15, -0.1) is 0 Å². The molecule has 7 heteroatoms. The van der Waals surface area contributed by atoms with E-state index in [0.717, 1.165) is 48.6 Å². The van der Waals surface area contributed by atoms with Crippen LogP contribution in [0, 0.1) is 12.7 Å². The molecule has 0 radical (unpaired) electrons. The van der Waals surface area contributed by atoms with Gasteiger partial charge in [-0.2, -0.15) is 0 Å². The second-order valence-corrected chi connectivity index (χ2v) is 8.50. The summed E-state index contributed by atoms with van der Waals surface area (Å²) in [6, 6.07) is 19.0. The molecule has 0 spiro atoms. The molecule has 1 saturated heterocycles. The smallest absolute Gasteiger partial charge is 0.267 e. The zero-order valence-electron chi connectivity index (χ0n) is 18.5. The van der Waals surface area contributed by atoms with E-state index in [2.05, 4.69) is 39.0 Å². The van der Waals surface area contributed by atoms with Crippen molar-refractivity contribution in [2.75, 3.05) is 36.0 Å². The number of hydrogen-bond donors (Lipinski definition) is 1. The number of nitrogens with two attached hydrogens (primary N) is 1. The van der Waals surface area contributed by atoms with E-state index < -0.39 is 5.91 Å². The number of benzene rings is 2. The lowest BCUT2D eigenvalue weighted by Crippen LogP contribution is -2.46. The SMILES string of the molecule is Cc1ccn2c(C(N)=O)c(Cc3ccc(N4CCN(c5ccc(F)cc5)CC4)cc3)nc2c1. The van der Waals surface area contributed by atoms with Crippen LogP contribution < -0.4 is 15.5 Å². The molecule has 1 fully saturated rings. The normalized spacial score (nSPS) is 14.1. The Kier molecular flexibility index (Phi) is 5.46. The summed E-state index contributed by atoms with van der Waals surface area (Å²) in [5.74, 6) is -0.684. The highest BCUT2D eigenvalue weighted by Crippen LogP contribution is 2.23. The van der Waals surface area contributed by atoms with Crippen molar-refractivity contribution in [3.05, 3.63) is 95.2 Å². The van der Waals surface area contributed by atoms with Gasteiger partial charge in [-0.1, -0.05) is 12.1 Å². The molecule has 1 amide bonds. The maximum absolute atomic E-state index is 13.2. The van der Waals surface area contributed by atoms with Gasteiger partial charge in [0.25, 0.3) is 5.91 Å². The van der Waals surface area contributed by atoms with Crippen molar-refractivity contribution in [3.8, 4) is 0 Å². The average Bonchev–Trinajstić information content (AvgIpc) is 3.17. The van der Waals surface area contributed by atoms with Gasteiger partial charge in [0, 0.05) is 50.2 Å². The Morgan fingerprint density at radius 3 is 2.09 bits per heavy atom. The van der Waals surface area contributed by atoms with Crippen molar-refractivity contribution >= 4 is 22.9 Å². The van der Waals surface area contributed by atoms with Crippen molar-refractivity contribution in [3.63, 3.8) is 0 Å². The van der Waals surface area contributed by atoms with Gasteiger partial charge in [0.05, 0.1) is 5.69 Å². The Labute approximate surface area is 192 Å². The third-order valence-electron chi connectivity index (χ3n) is 6.23. The number of fused-ring (bicyclic) bond motifs is 1. The Bertz CT molecular complexity index is 1290. The summed E-state index contributed by atoms with van der Waals surface area (Å²) >= 11 is 0. The van der Waals surface area contributed by atoms with Crippen molar-refractivity contribution in [2.45, 2.75) is 13.3 Å². The standard InChI is InChI=1S/C26H26FN5O/c1-18-10-11-32-24(16-18)29-23(25(32)26(28)33)17-19-2-6-21(7-3-19)30-12-14-31(15-13-30)22-8-4-20(27)5-9-22/h2-11,16H,12-15,17H2,1H3,(H2,28,33). The molecule has 33 heavy (non-hydrogen) atoms. The molecular formula is C26H26FN5O. The monoisotopic (exact) mass is 443 g/mol. The third kappa shape index (κ3) is 4.26. The van der Waals surface area contributed by atoms with Gasteiger partial charge in [-0.25, -0.2) is 9.37 Å². The minimum atomic E-state index is -0.475. The molecule has 2 N–H and O–H groups in total. The number of carbonyl (C=O) groups excluding carboxylic acids is 1. The highest BCUT2D eigenvalue weighted by atomic mass is 19.1. The molecule has 6 nitrogen and oxygen atoms in total. The van der Waals surface area contributed by atoms with Crippen LogP contribution in [0.4, 0.5) is 15.8 Å². The first kappa shape index (κ1) is 21.0. The van der Waals surface area contributed by atoms with E-state index in [1.807, 2.05) is 37.4 Å². The second kappa shape index (κ2) is 8.58. The van der Waals surface area contributed by atoms with Gasteiger partial charge in [0.1, 0.15) is 17.2 Å². The number of pyridine rings is 1. The van der Waals surface area contributed by atoms with Crippen LogP contribution in [0.5, 0.6) is 0 Å². The fourth-order valence-electron chi connectivity index (χ4n) is 4.47. The highest BCUT2D eigenvalue weighted by Gasteiger charge is 2.19. The molecule has 1 aliphatic rings. The number of primary amides is 1. The summed E-state index contributed by atoms with van der Waals surface area (Å²) < 4.78 is 14.9. The van der Waals surface area contributed by atoms with Crippen molar-refractivity contribution in [2.24, 2.45) is 5.73 Å². The molecule has 2 aromatic heterocycles. The lowest BCUT2D eigenvalue weighted by atomic mass is 10.1. The quantitative estimate of drug-likeness (QED) is 0.510. The van der Waals surface area contributed by atoms with Gasteiger partial charge in [0.2, 0.25) is 0 Å². The topological polar surface area (TPSA) is 66.9 Å². The number of piperazine rings is 1. The van der Waals surface area contributed by atoms with Crippen LogP contribution in [-0.2, 0) is 6.42 Å². The van der Waals surface area contributed by atoms with Gasteiger partial charge in [0.15, 0.2) is 0 Å². The maximum atomic E-state index is 13.2. The van der Waals surface area contributed by atoms with Gasteiger partial charge in [-0.3, -0.25) is 9.20 Å². The fourth-order valence-corrected chi connectivity index (χ4v) is 4.47. The van der Waals surface area contributed by atoms with Crippen molar-refractivity contribution in [1.29, 1.82) is 0 Å². The Hall–Kier alpha value is -3.87. The maximum Gasteiger partial charge on any atom is 0.267 e. The molecule has 5 rings (SSSR count). The van der Waals surface area contributed by atoms with E-state index in [1.54, 1.807) is 4.40 Å². The Balaban J connectivity index is 1.28. The molecule has 168 valence electrons. The van der Waals surface area contributed by atoms with Gasteiger partial charge < -0.3 is 15.5 Å². The van der Waals surface area contributed by atoms with Crippen LogP contribution in [0.2, 0.25) is 0 Å². The minimum absolute atomic E-state index is 0.209. The number of halogens is 1. The molecule has 0 atom stereocenters. The van der Waals surface area contributed by atoms with E-state index in [9.17, 15) is 9.18 Å². The molecule has 3 heterocycles. The highest BCUT2D eigenvalue weighted by molar-refractivity contribution is 5.93. The Morgan fingerprint density at radius 1 is 0.939 bits per heavy atom. The molecule has 0 unspecified atom stereocenters. The zero-order chi connectivity index (χ0) is 22.9. The summed E-state index contributed by atoms with van der Waals surface area (Å²) in [5.41, 5.74) is 11.9. The van der Waals surface area contributed by atoms with Crippen LogP contribution in [0.3, 0.4) is 0 Å². The van der Waals surface area contributed by atoms with Crippen LogP contribution in [0.1, 0.15) is 27.3 Å². The van der Waals surface area contributed by atoms with Crippen LogP contribution >= 0.6 is 0 Å². The summed E-state index contributed by atoms with van der Waals surface area (Å²) in [5, 5.41) is 0. The van der Waals surface area contributed by atoms with E-state index >= 15 is 0 Å². The summed E-state index contributed by atoms with van der Waals surface area (Å²) in [6.45, 7) is 5.56. The third-order valence-corrected chi connectivity index (χ3v) is 6.23. The van der Waals surface area contributed by atoms with Gasteiger partial charge >= 0.3 is 0 Å². The van der Waals surface area contributed by atoms with Crippen molar-refractivity contribution < 1.29 is 9.18 Å². The molecule has 0 bridgehead atoms. The number of anilines is 2. The summed E-state index contributed by atoms with van der Waals surface area (Å²) in [6.07, 6.45) is 2.38. The predicted octanol–water partition coefficient (Wildman–Crippen LogP) is 3.80. The van der Waals surface area contributed by atoms with E-state index in [0.29, 0.717) is 17.8 Å². The van der Waals surface area contributed by atoms with Crippen LogP contribution in [0.25, 0.3) is 5.65 Å². The summed E-state index contributed by atoms with van der Waals surface area (Å²) in [4.78, 5) is 21.4. The van der Waals surface area contributed by atoms with E-state index in [4.69, 9.17) is 5.73 Å². The average molecular weight is 444 g/mol. The zero-order valence-corrected chi connectivity index (χ0v) is 18.5. The largest absolute Gasteiger partial charge is 0.368 e. The first-order valence-electron chi connectivity index (χ1n) is 11.1. The van der Waals surface area contributed by atoms with Crippen LogP contribution in [0.15, 0.2) is 66.9 Å². The minimum Gasteiger partial charge on any atom is -0.368 e. The fraction of sp³-hybridized carbons (Fsp3) is 0.231. The van der Waals surface area contributed by atoms with E-state index in [-0.39, 0.29) is 5.82 Å². The number of imidazole rings is 1. The molecule has 1 aliphatic heterocycles. The molecule has 0 aliphatic carbocycles. The lowest BCUT2D eigenvalue weighted by Gasteiger charge is -2.37. The number of carbonyl (C=O) groups is 1. The summed E-state index contributed by atoms with van der Waals surface area (Å²) in [7, 11) is 0. The first-order chi connectivity index (χ1) is 16.0. The van der Waals surface area contributed by atoms with Crippen molar-refractivity contribution in [1.82, 2.24) is 9.38 Å². The van der Waals surface area contributed by atoms with E-state index in [1.165, 1.54) is 17.8 Å². The van der Waals surface area contributed by atoms with Crippen LogP contribution in [-0.4, -0.2) is 41.5 Å². The molecular weight excluding hydrogens is 417 g/mol. The Morgan fingerprint density at radius 2 is 1.52 bits per heavy atom. The number of rotatable bonds is 5. The second-order valence-electron chi connectivity index (χ2n) is 8.50. The number of hydrogen-bond acceptors (Lipinski definition) is 4.